The van der Waals surface area contributed by atoms with Crippen molar-refractivity contribution in [2.24, 2.45) is 0 Å². The van der Waals surface area contributed by atoms with Crippen molar-refractivity contribution in [1.82, 2.24) is 9.88 Å². The molecule has 1 aromatic heterocycles. The lowest BCUT2D eigenvalue weighted by Crippen LogP contribution is -2.41. The van der Waals surface area contributed by atoms with Crippen LogP contribution in [0.3, 0.4) is 0 Å². The number of carbonyl (C=O) groups excluding carboxylic acids is 1. The lowest BCUT2D eigenvalue weighted by molar-refractivity contribution is -0.158. The summed E-state index contributed by atoms with van der Waals surface area (Å²) in [5.74, 6) is 0.00567. The second kappa shape index (κ2) is 8.52. The molecule has 1 atom stereocenters. The molecule has 0 bridgehead atoms. The van der Waals surface area contributed by atoms with E-state index in [1.54, 1.807) is 0 Å². The van der Waals surface area contributed by atoms with E-state index >= 15 is 0 Å². The molecule has 1 aliphatic carbocycles. The highest BCUT2D eigenvalue weighted by molar-refractivity contribution is 5.83. The van der Waals surface area contributed by atoms with Crippen LogP contribution in [0, 0.1) is 0 Å². The third kappa shape index (κ3) is 4.06. The van der Waals surface area contributed by atoms with Crippen molar-refractivity contribution in [2.75, 3.05) is 13.1 Å². The summed E-state index contributed by atoms with van der Waals surface area (Å²) in [7, 11) is 0. The number of nitrogens with one attached hydrogen (secondary N) is 1. The zero-order valence-corrected chi connectivity index (χ0v) is 15.5. The molecule has 0 amide bonds. The fourth-order valence-corrected chi connectivity index (χ4v) is 3.69. The molecule has 2 heterocycles. The third-order valence-electron chi connectivity index (χ3n) is 5.31. The Balaban J connectivity index is 0.000000880. The Morgan fingerprint density at radius 3 is 2.76 bits per heavy atom. The first-order chi connectivity index (χ1) is 12.3. The van der Waals surface area contributed by atoms with E-state index < -0.39 is 0 Å². The number of likely N-dealkylation sites (tertiary alicyclic amines) is 1. The van der Waals surface area contributed by atoms with Crippen LogP contribution in [0.4, 0.5) is 0 Å². The van der Waals surface area contributed by atoms with Crippen molar-refractivity contribution in [3.05, 3.63) is 36.0 Å². The second-order valence-electron chi connectivity index (χ2n) is 6.79. The molecular weight excluding hydrogens is 312 g/mol. The van der Waals surface area contributed by atoms with Crippen LogP contribution in [0.2, 0.25) is 0 Å². The molecule has 2 fully saturated rings. The van der Waals surface area contributed by atoms with E-state index in [2.05, 4.69) is 40.3 Å². The van der Waals surface area contributed by atoms with Crippen molar-refractivity contribution < 1.29 is 9.53 Å². The summed E-state index contributed by atoms with van der Waals surface area (Å²) in [6, 6.07) is 8.37. The van der Waals surface area contributed by atoms with Crippen molar-refractivity contribution in [2.45, 2.75) is 64.5 Å². The van der Waals surface area contributed by atoms with Gasteiger partial charge in [0, 0.05) is 23.6 Å². The Labute approximate surface area is 150 Å². The quantitative estimate of drug-likeness (QED) is 0.824. The molecule has 1 aliphatic heterocycles. The number of aromatic amines is 1. The molecule has 136 valence electrons. The van der Waals surface area contributed by atoms with Gasteiger partial charge in [-0.15, -0.1) is 0 Å². The lowest BCUT2D eigenvalue weighted by atomic mass is 9.96. The number of ether oxygens (including phenoxy) is 1. The summed E-state index contributed by atoms with van der Waals surface area (Å²) in [5.41, 5.74) is 2.52. The number of fused-ring (bicyclic) bond motifs is 1. The summed E-state index contributed by atoms with van der Waals surface area (Å²) in [4.78, 5) is 18.0. The zero-order valence-electron chi connectivity index (χ0n) is 15.5. The van der Waals surface area contributed by atoms with Gasteiger partial charge in [-0.2, -0.15) is 0 Å². The second-order valence-corrected chi connectivity index (χ2v) is 6.79. The SMILES string of the molecule is CC.O=C(OC1CCC1)C1CCCN1CCc1c[nH]c2ccccc12. The largest absolute Gasteiger partial charge is 0.461 e. The topological polar surface area (TPSA) is 45.3 Å². The molecule has 4 nitrogen and oxygen atoms in total. The number of rotatable bonds is 5. The summed E-state index contributed by atoms with van der Waals surface area (Å²) in [6.07, 6.45) is 8.60. The van der Waals surface area contributed by atoms with Crippen LogP contribution in [-0.2, 0) is 16.0 Å². The van der Waals surface area contributed by atoms with E-state index in [4.69, 9.17) is 4.74 Å². The minimum Gasteiger partial charge on any atom is -0.461 e. The standard InChI is InChI=1S/C19H24N2O2.C2H6/c22-19(23-15-5-3-6-15)18-9-4-11-21(18)12-10-14-13-20-17-8-2-1-7-16(14)17;1-2/h1-2,7-8,13,15,18,20H,3-6,9-12H2;1-2H3. The van der Waals surface area contributed by atoms with Gasteiger partial charge in [0.2, 0.25) is 0 Å². The minimum absolute atomic E-state index is 0.00567. The number of benzene rings is 1. The number of hydrogen-bond acceptors (Lipinski definition) is 3. The number of H-pyrrole nitrogens is 1. The maximum absolute atomic E-state index is 12.4. The Kier molecular flexibility index (Phi) is 6.14. The molecule has 0 radical (unpaired) electrons. The Hall–Kier alpha value is -1.81. The molecule has 2 aliphatic rings. The van der Waals surface area contributed by atoms with Crippen LogP contribution >= 0.6 is 0 Å². The molecule has 1 aromatic carbocycles. The summed E-state index contributed by atoms with van der Waals surface area (Å²) in [6.45, 7) is 5.93. The van der Waals surface area contributed by atoms with Crippen molar-refractivity contribution in [3.63, 3.8) is 0 Å². The molecule has 25 heavy (non-hydrogen) atoms. The Bertz CT molecular complexity index is 690. The molecular formula is C21H30N2O2. The smallest absolute Gasteiger partial charge is 0.323 e. The van der Waals surface area contributed by atoms with Gasteiger partial charge in [0.25, 0.3) is 0 Å². The van der Waals surface area contributed by atoms with E-state index in [1.807, 2.05) is 13.8 Å². The maximum atomic E-state index is 12.4. The molecule has 1 saturated carbocycles. The molecule has 4 rings (SSSR count). The zero-order chi connectivity index (χ0) is 17.6. The van der Waals surface area contributed by atoms with Gasteiger partial charge in [-0.05, 0) is 56.7 Å². The Morgan fingerprint density at radius 2 is 2.00 bits per heavy atom. The fraction of sp³-hybridized carbons (Fsp3) is 0.571. The molecule has 4 heteroatoms. The first-order valence-corrected chi connectivity index (χ1v) is 9.81. The van der Waals surface area contributed by atoms with Gasteiger partial charge in [-0.25, -0.2) is 0 Å². The first kappa shape index (κ1) is 18.0. The van der Waals surface area contributed by atoms with Crippen LogP contribution in [0.15, 0.2) is 30.5 Å². The van der Waals surface area contributed by atoms with Crippen molar-refractivity contribution in [1.29, 1.82) is 0 Å². The average molecular weight is 342 g/mol. The van der Waals surface area contributed by atoms with E-state index in [-0.39, 0.29) is 18.1 Å². The van der Waals surface area contributed by atoms with Gasteiger partial charge < -0.3 is 9.72 Å². The van der Waals surface area contributed by atoms with Gasteiger partial charge in [-0.3, -0.25) is 9.69 Å². The van der Waals surface area contributed by atoms with Gasteiger partial charge in [0.05, 0.1) is 0 Å². The molecule has 0 spiro atoms. The number of nitrogens with zero attached hydrogens (tertiary/aromatic N) is 1. The predicted molar refractivity (Wildman–Crippen MR) is 102 cm³/mol. The van der Waals surface area contributed by atoms with E-state index in [1.165, 1.54) is 22.9 Å². The van der Waals surface area contributed by atoms with Gasteiger partial charge in [0.15, 0.2) is 0 Å². The van der Waals surface area contributed by atoms with Gasteiger partial charge in [0.1, 0.15) is 12.1 Å². The minimum atomic E-state index is -0.0270. The number of hydrogen-bond donors (Lipinski definition) is 1. The van der Waals surface area contributed by atoms with Gasteiger partial charge in [-0.1, -0.05) is 32.0 Å². The number of para-hydroxylation sites is 1. The number of carbonyl (C=O) groups is 1. The highest BCUT2D eigenvalue weighted by Crippen LogP contribution is 2.26. The van der Waals surface area contributed by atoms with Crippen molar-refractivity contribution in [3.8, 4) is 0 Å². The fourth-order valence-electron chi connectivity index (χ4n) is 3.69. The summed E-state index contributed by atoms with van der Waals surface area (Å²) in [5, 5.41) is 1.29. The maximum Gasteiger partial charge on any atom is 0.323 e. The van der Waals surface area contributed by atoms with Crippen LogP contribution in [0.25, 0.3) is 10.9 Å². The van der Waals surface area contributed by atoms with Crippen LogP contribution in [0.1, 0.15) is 51.5 Å². The van der Waals surface area contributed by atoms with Crippen molar-refractivity contribution >= 4 is 16.9 Å². The first-order valence-electron chi connectivity index (χ1n) is 9.81. The molecule has 1 unspecified atom stereocenters. The normalized spacial score (nSPS) is 20.8. The third-order valence-corrected chi connectivity index (χ3v) is 5.31. The highest BCUT2D eigenvalue weighted by Gasteiger charge is 2.34. The molecule has 1 N–H and O–H groups in total. The molecule has 2 aromatic rings. The number of aromatic nitrogens is 1. The summed E-state index contributed by atoms with van der Waals surface area (Å²) < 4.78 is 5.62. The predicted octanol–water partition coefficient (Wildman–Crippen LogP) is 4.30. The summed E-state index contributed by atoms with van der Waals surface area (Å²) >= 11 is 0. The van der Waals surface area contributed by atoms with Gasteiger partial charge >= 0.3 is 5.97 Å². The monoisotopic (exact) mass is 342 g/mol. The van der Waals surface area contributed by atoms with E-state index in [9.17, 15) is 4.79 Å². The van der Waals surface area contributed by atoms with Crippen LogP contribution < -0.4 is 0 Å². The van der Waals surface area contributed by atoms with Crippen LogP contribution in [0.5, 0.6) is 0 Å². The average Bonchev–Trinajstić information content (AvgIpc) is 3.24. The Morgan fingerprint density at radius 1 is 1.20 bits per heavy atom. The van der Waals surface area contributed by atoms with Crippen LogP contribution in [-0.4, -0.2) is 41.1 Å². The lowest BCUT2D eigenvalue weighted by Gasteiger charge is -2.29. The molecule has 1 saturated heterocycles. The highest BCUT2D eigenvalue weighted by atomic mass is 16.5. The number of esters is 1. The van der Waals surface area contributed by atoms with E-state index in [0.717, 1.165) is 45.2 Å². The van der Waals surface area contributed by atoms with E-state index in [0.29, 0.717) is 0 Å².